The van der Waals surface area contributed by atoms with Gasteiger partial charge < -0.3 is 9.47 Å². The molecule has 0 unspecified atom stereocenters. The molecule has 0 aliphatic rings. The third-order valence-electron chi connectivity index (χ3n) is 2.19. The Morgan fingerprint density at radius 1 is 1.24 bits per heavy atom. The highest BCUT2D eigenvalue weighted by atomic mass is 16.6. The zero-order chi connectivity index (χ0) is 16.2. The van der Waals surface area contributed by atoms with Crippen molar-refractivity contribution in [3.63, 3.8) is 0 Å². The van der Waals surface area contributed by atoms with Crippen molar-refractivity contribution in [2.45, 2.75) is 26.4 Å². The summed E-state index contributed by atoms with van der Waals surface area (Å²) in [6.07, 6.45) is -0.779. The summed E-state index contributed by atoms with van der Waals surface area (Å²) in [4.78, 5) is 33.3. The first-order valence-corrected chi connectivity index (χ1v) is 6.00. The summed E-state index contributed by atoms with van der Waals surface area (Å²) in [6, 6.07) is 3.45. The average Bonchev–Trinajstić information content (AvgIpc) is 2.34. The molecule has 0 spiro atoms. The number of non-ortho nitro benzene ring substituents is 1. The maximum Gasteiger partial charge on any atom is 0.412 e. The van der Waals surface area contributed by atoms with E-state index in [1.54, 1.807) is 20.8 Å². The second-order valence-electron chi connectivity index (χ2n) is 5.14. The molecule has 1 aromatic rings. The number of esters is 1. The van der Waals surface area contributed by atoms with Gasteiger partial charge in [0.25, 0.3) is 5.69 Å². The van der Waals surface area contributed by atoms with Crippen LogP contribution in [0.2, 0.25) is 0 Å². The molecule has 8 nitrogen and oxygen atoms in total. The van der Waals surface area contributed by atoms with Crippen molar-refractivity contribution in [2.24, 2.45) is 0 Å². The average molecular weight is 296 g/mol. The summed E-state index contributed by atoms with van der Waals surface area (Å²) in [6.45, 7) is 5.04. The molecule has 0 saturated carbocycles. The number of carbonyl (C=O) groups is 2. The Morgan fingerprint density at radius 3 is 2.33 bits per heavy atom. The lowest BCUT2D eigenvalue weighted by Gasteiger charge is -2.19. The van der Waals surface area contributed by atoms with Gasteiger partial charge in [-0.15, -0.1) is 0 Å². The summed E-state index contributed by atoms with van der Waals surface area (Å²) < 4.78 is 9.54. The Kier molecular flexibility index (Phi) is 4.85. The lowest BCUT2D eigenvalue weighted by Crippen LogP contribution is -2.27. The van der Waals surface area contributed by atoms with Crippen LogP contribution in [-0.4, -0.2) is 29.7 Å². The zero-order valence-corrected chi connectivity index (χ0v) is 12.1. The topological polar surface area (TPSA) is 108 Å². The predicted octanol–water partition coefficient (Wildman–Crippen LogP) is 2.73. The van der Waals surface area contributed by atoms with Gasteiger partial charge in [0.15, 0.2) is 0 Å². The minimum absolute atomic E-state index is 0.0437. The Bertz CT molecular complexity index is 577. The monoisotopic (exact) mass is 296 g/mol. The summed E-state index contributed by atoms with van der Waals surface area (Å²) in [7, 11) is 1.15. The van der Waals surface area contributed by atoms with E-state index in [-0.39, 0.29) is 16.9 Å². The summed E-state index contributed by atoms with van der Waals surface area (Å²) in [5, 5.41) is 13.2. The highest BCUT2D eigenvalue weighted by molar-refractivity contribution is 5.93. The van der Waals surface area contributed by atoms with Crippen LogP contribution in [0.1, 0.15) is 31.1 Å². The van der Waals surface area contributed by atoms with Crippen molar-refractivity contribution in [2.75, 3.05) is 12.4 Å². The molecule has 0 fully saturated rings. The van der Waals surface area contributed by atoms with Gasteiger partial charge in [-0.3, -0.25) is 15.4 Å². The van der Waals surface area contributed by atoms with E-state index >= 15 is 0 Å². The standard InChI is InChI=1S/C13H16N2O6/c1-13(2,3)21-12(17)14-9-5-8(11(16)20-4)6-10(7-9)15(18)19/h5-7H,1-4H3,(H,14,17). The van der Waals surface area contributed by atoms with Gasteiger partial charge in [0.2, 0.25) is 0 Å². The van der Waals surface area contributed by atoms with E-state index in [9.17, 15) is 19.7 Å². The van der Waals surface area contributed by atoms with E-state index in [0.29, 0.717) is 0 Å². The molecule has 1 rings (SSSR count). The largest absolute Gasteiger partial charge is 0.465 e. The fourth-order valence-electron chi connectivity index (χ4n) is 1.45. The van der Waals surface area contributed by atoms with Gasteiger partial charge in [-0.05, 0) is 26.8 Å². The third-order valence-corrected chi connectivity index (χ3v) is 2.19. The summed E-state index contributed by atoms with van der Waals surface area (Å²) in [5.41, 5.74) is -1.03. The van der Waals surface area contributed by atoms with E-state index in [2.05, 4.69) is 10.1 Å². The van der Waals surface area contributed by atoms with Crippen molar-refractivity contribution < 1.29 is 24.0 Å². The summed E-state index contributed by atoms with van der Waals surface area (Å²) in [5.74, 6) is -0.745. The van der Waals surface area contributed by atoms with Crippen LogP contribution in [0.4, 0.5) is 16.2 Å². The van der Waals surface area contributed by atoms with Gasteiger partial charge in [-0.1, -0.05) is 0 Å². The highest BCUT2D eigenvalue weighted by Crippen LogP contribution is 2.22. The SMILES string of the molecule is COC(=O)c1cc(NC(=O)OC(C)(C)C)cc([N+](=O)[O-])c1. The molecule has 0 heterocycles. The first-order chi connectivity index (χ1) is 9.62. The molecular weight excluding hydrogens is 280 g/mol. The van der Waals surface area contributed by atoms with Crippen molar-refractivity contribution in [1.82, 2.24) is 0 Å². The van der Waals surface area contributed by atoms with Gasteiger partial charge in [-0.25, -0.2) is 9.59 Å². The lowest BCUT2D eigenvalue weighted by molar-refractivity contribution is -0.384. The number of nitro benzene ring substituents is 1. The number of hydrogen-bond donors (Lipinski definition) is 1. The van der Waals surface area contributed by atoms with Crippen LogP contribution in [0, 0.1) is 10.1 Å². The normalized spacial score (nSPS) is 10.7. The second kappa shape index (κ2) is 6.21. The molecule has 0 saturated heterocycles. The van der Waals surface area contributed by atoms with E-state index in [4.69, 9.17) is 4.74 Å². The first kappa shape index (κ1) is 16.4. The van der Waals surface area contributed by atoms with Crippen LogP contribution >= 0.6 is 0 Å². The van der Waals surface area contributed by atoms with Crippen LogP contribution in [0.5, 0.6) is 0 Å². The molecule has 1 amide bonds. The van der Waals surface area contributed by atoms with Gasteiger partial charge in [0.1, 0.15) is 5.60 Å². The Labute approximate surface area is 121 Å². The van der Waals surface area contributed by atoms with Gasteiger partial charge in [0, 0.05) is 12.1 Å². The lowest BCUT2D eigenvalue weighted by atomic mass is 10.1. The van der Waals surface area contributed by atoms with Gasteiger partial charge in [-0.2, -0.15) is 0 Å². The number of nitrogens with zero attached hydrogens (tertiary/aromatic N) is 1. The van der Waals surface area contributed by atoms with Crippen molar-refractivity contribution in [3.05, 3.63) is 33.9 Å². The Morgan fingerprint density at radius 2 is 1.86 bits per heavy atom. The van der Waals surface area contributed by atoms with Crippen molar-refractivity contribution in [1.29, 1.82) is 0 Å². The molecule has 114 valence electrons. The summed E-state index contributed by atoms with van der Waals surface area (Å²) >= 11 is 0. The van der Waals surface area contributed by atoms with E-state index < -0.39 is 22.6 Å². The van der Waals surface area contributed by atoms with E-state index in [1.807, 2.05) is 0 Å². The number of methoxy groups -OCH3 is 1. The highest BCUT2D eigenvalue weighted by Gasteiger charge is 2.19. The molecule has 0 bridgehead atoms. The first-order valence-electron chi connectivity index (χ1n) is 6.00. The number of hydrogen-bond acceptors (Lipinski definition) is 6. The van der Waals surface area contributed by atoms with Gasteiger partial charge in [0.05, 0.1) is 23.3 Å². The fourth-order valence-corrected chi connectivity index (χ4v) is 1.45. The minimum Gasteiger partial charge on any atom is -0.465 e. The number of carbonyl (C=O) groups excluding carboxylic acids is 2. The molecule has 0 radical (unpaired) electrons. The number of rotatable bonds is 3. The number of benzene rings is 1. The maximum atomic E-state index is 11.6. The van der Waals surface area contributed by atoms with Crippen LogP contribution < -0.4 is 5.32 Å². The smallest absolute Gasteiger partial charge is 0.412 e. The number of nitrogens with one attached hydrogen (secondary N) is 1. The van der Waals surface area contributed by atoms with Gasteiger partial charge >= 0.3 is 12.1 Å². The number of anilines is 1. The number of nitro groups is 1. The molecule has 0 aliphatic carbocycles. The van der Waals surface area contributed by atoms with E-state index in [1.165, 1.54) is 6.07 Å². The maximum absolute atomic E-state index is 11.6. The molecule has 8 heteroatoms. The Hall–Kier alpha value is -2.64. The van der Waals surface area contributed by atoms with Crippen LogP contribution in [0.15, 0.2) is 18.2 Å². The van der Waals surface area contributed by atoms with Crippen LogP contribution in [0.3, 0.4) is 0 Å². The minimum atomic E-state index is -0.779. The molecule has 21 heavy (non-hydrogen) atoms. The molecule has 1 aromatic carbocycles. The molecule has 0 aliphatic heterocycles. The van der Waals surface area contributed by atoms with E-state index in [0.717, 1.165) is 19.2 Å². The fraction of sp³-hybridized carbons (Fsp3) is 0.385. The quantitative estimate of drug-likeness (QED) is 0.522. The predicted molar refractivity (Wildman–Crippen MR) is 74.3 cm³/mol. The van der Waals surface area contributed by atoms with Crippen LogP contribution in [-0.2, 0) is 9.47 Å². The molecular formula is C13H16N2O6. The Balaban J connectivity index is 3.06. The van der Waals surface area contributed by atoms with Crippen LogP contribution in [0.25, 0.3) is 0 Å². The van der Waals surface area contributed by atoms with Crippen molar-refractivity contribution >= 4 is 23.4 Å². The third kappa shape index (κ3) is 5.09. The molecule has 1 N–H and O–H groups in total. The molecule has 0 atom stereocenters. The zero-order valence-electron chi connectivity index (χ0n) is 12.1. The second-order valence-corrected chi connectivity index (χ2v) is 5.14. The molecule has 0 aromatic heterocycles. The number of amides is 1. The number of ether oxygens (including phenoxy) is 2. The van der Waals surface area contributed by atoms with Crippen molar-refractivity contribution in [3.8, 4) is 0 Å².